The van der Waals surface area contributed by atoms with Gasteiger partial charge < -0.3 is 14.2 Å². The quantitative estimate of drug-likeness (QED) is 0.0347. The summed E-state index contributed by atoms with van der Waals surface area (Å²) in [7, 11) is 0. The van der Waals surface area contributed by atoms with E-state index in [1.807, 2.05) is 0 Å². The van der Waals surface area contributed by atoms with Gasteiger partial charge in [0.1, 0.15) is 6.61 Å². The maximum absolute atomic E-state index is 12.7. The molecule has 0 aliphatic rings. The first-order chi connectivity index (χ1) is 30.6. The number of carbonyl (C=O) groups excluding carboxylic acids is 2. The summed E-state index contributed by atoms with van der Waals surface area (Å²) in [6, 6.07) is 0. The summed E-state index contributed by atoms with van der Waals surface area (Å²) in [5.41, 5.74) is 0. The smallest absolute Gasteiger partial charge is 0.306 e. The third-order valence-electron chi connectivity index (χ3n) is 9.68. The van der Waals surface area contributed by atoms with E-state index in [-0.39, 0.29) is 25.2 Å². The van der Waals surface area contributed by atoms with Crippen LogP contribution >= 0.6 is 0 Å². The first kappa shape index (κ1) is 58.0. The molecule has 0 bridgehead atoms. The molecule has 0 aliphatic carbocycles. The number of unbranched alkanes of at least 4 members (excludes halogenated alkanes) is 10. The number of esters is 2. The zero-order valence-corrected chi connectivity index (χ0v) is 39.8. The Morgan fingerprint density at radius 1 is 0.371 bits per heavy atom. The summed E-state index contributed by atoms with van der Waals surface area (Å²) < 4.78 is 17.2. The third-order valence-corrected chi connectivity index (χ3v) is 9.68. The van der Waals surface area contributed by atoms with Crippen LogP contribution in [0.2, 0.25) is 0 Å². The van der Waals surface area contributed by atoms with Crippen LogP contribution < -0.4 is 0 Å². The molecular formula is C57H90O5. The van der Waals surface area contributed by atoms with E-state index in [1.54, 1.807) is 0 Å². The van der Waals surface area contributed by atoms with E-state index < -0.39 is 6.10 Å². The van der Waals surface area contributed by atoms with Gasteiger partial charge >= 0.3 is 11.9 Å². The zero-order valence-electron chi connectivity index (χ0n) is 39.8. The monoisotopic (exact) mass is 855 g/mol. The molecule has 0 saturated heterocycles. The van der Waals surface area contributed by atoms with Crippen molar-refractivity contribution in [3.05, 3.63) is 134 Å². The Morgan fingerprint density at radius 3 is 1.16 bits per heavy atom. The van der Waals surface area contributed by atoms with Crippen LogP contribution in [-0.4, -0.2) is 37.9 Å². The van der Waals surface area contributed by atoms with Gasteiger partial charge in [-0.1, -0.05) is 199 Å². The highest BCUT2D eigenvalue weighted by atomic mass is 16.6. The van der Waals surface area contributed by atoms with Crippen molar-refractivity contribution in [2.75, 3.05) is 19.8 Å². The standard InChI is InChI=1S/C57H90O5/c1-4-7-10-13-16-18-20-22-24-26-28-30-32-34-36-38-40-43-46-49-52-60-53-55(62-57(59)51-48-45-41-15-12-9-6-3)54-61-56(58)50-47-44-42-39-37-35-33-31-29-27-25-23-21-19-17-14-11-8-5-2/h7-8,10-11,16-19,22-25,28-31,34-37,40,43,55H,4-6,9,12-15,20-21,26-27,32-33,38-39,41-42,44-54H2,1-3H3/b10-7-,11-8-,18-16-,19-17-,24-22-,25-23-,30-28-,31-29-,36-34-,37-35-,43-40-. The minimum atomic E-state index is -0.586. The van der Waals surface area contributed by atoms with Gasteiger partial charge in [-0.25, -0.2) is 0 Å². The van der Waals surface area contributed by atoms with Crippen LogP contribution in [-0.2, 0) is 23.8 Å². The van der Waals surface area contributed by atoms with Crippen molar-refractivity contribution in [3.63, 3.8) is 0 Å². The highest BCUT2D eigenvalue weighted by molar-refractivity contribution is 5.70. The number of rotatable bonds is 43. The van der Waals surface area contributed by atoms with E-state index >= 15 is 0 Å². The Kier molecular flexibility index (Phi) is 48.1. The molecule has 1 unspecified atom stereocenters. The van der Waals surface area contributed by atoms with Gasteiger partial charge in [-0.3, -0.25) is 9.59 Å². The summed E-state index contributed by atoms with van der Waals surface area (Å²) >= 11 is 0. The summed E-state index contributed by atoms with van der Waals surface area (Å²) in [5.74, 6) is -0.484. The molecule has 5 nitrogen and oxygen atoms in total. The van der Waals surface area contributed by atoms with Gasteiger partial charge in [0.05, 0.1) is 6.61 Å². The summed E-state index contributed by atoms with van der Waals surface area (Å²) in [6.07, 6.45) is 73.4. The number of hydrogen-bond donors (Lipinski definition) is 0. The van der Waals surface area contributed by atoms with E-state index in [4.69, 9.17) is 14.2 Å². The first-order valence-corrected chi connectivity index (χ1v) is 24.7. The lowest BCUT2D eigenvalue weighted by molar-refractivity contribution is -0.163. The van der Waals surface area contributed by atoms with Crippen molar-refractivity contribution in [3.8, 4) is 0 Å². The summed E-state index contributed by atoms with van der Waals surface area (Å²) in [6.45, 7) is 7.36. The molecule has 0 spiro atoms. The van der Waals surface area contributed by atoms with Crippen molar-refractivity contribution in [2.24, 2.45) is 0 Å². The average Bonchev–Trinajstić information content (AvgIpc) is 3.27. The molecule has 0 heterocycles. The SMILES string of the molecule is CC/C=C\C/C=C\C/C=C\C/C=C\C/C=C\C/C=C\CCCOCC(COC(=O)CCCCC/C=C\C/C=C\C/C=C\C/C=C\C/C=C\CC)OC(=O)CCCCCCCCC. The van der Waals surface area contributed by atoms with E-state index in [0.717, 1.165) is 128 Å². The van der Waals surface area contributed by atoms with Crippen LogP contribution in [0.25, 0.3) is 0 Å². The molecule has 62 heavy (non-hydrogen) atoms. The van der Waals surface area contributed by atoms with E-state index in [1.165, 1.54) is 25.7 Å². The molecule has 0 radical (unpaired) electrons. The average molecular weight is 855 g/mol. The fourth-order valence-corrected chi connectivity index (χ4v) is 6.08. The normalized spacial score (nSPS) is 13.4. The minimum Gasteiger partial charge on any atom is -0.462 e. The van der Waals surface area contributed by atoms with Gasteiger partial charge in [0.15, 0.2) is 6.10 Å². The van der Waals surface area contributed by atoms with Gasteiger partial charge in [0.2, 0.25) is 0 Å². The van der Waals surface area contributed by atoms with Crippen molar-refractivity contribution >= 4 is 11.9 Å². The summed E-state index contributed by atoms with van der Waals surface area (Å²) in [4.78, 5) is 25.2. The Labute approximate surface area is 381 Å². The third kappa shape index (κ3) is 48.7. The maximum atomic E-state index is 12.7. The van der Waals surface area contributed by atoms with E-state index in [9.17, 15) is 9.59 Å². The van der Waals surface area contributed by atoms with Crippen molar-refractivity contribution in [1.29, 1.82) is 0 Å². The predicted octanol–water partition coefficient (Wildman–Crippen LogP) is 16.8. The van der Waals surface area contributed by atoms with Crippen LogP contribution in [0.4, 0.5) is 0 Å². The second-order valence-electron chi connectivity index (χ2n) is 15.6. The van der Waals surface area contributed by atoms with Crippen LogP contribution in [0.3, 0.4) is 0 Å². The lowest BCUT2D eigenvalue weighted by Gasteiger charge is -2.18. The van der Waals surface area contributed by atoms with Gasteiger partial charge in [-0.15, -0.1) is 0 Å². The van der Waals surface area contributed by atoms with Gasteiger partial charge in [-0.2, -0.15) is 0 Å². The van der Waals surface area contributed by atoms with E-state index in [2.05, 4.69) is 154 Å². The van der Waals surface area contributed by atoms with Gasteiger partial charge in [0.25, 0.3) is 0 Å². The molecule has 0 aromatic heterocycles. The van der Waals surface area contributed by atoms with Crippen LogP contribution in [0, 0.1) is 0 Å². The largest absolute Gasteiger partial charge is 0.462 e. The number of ether oxygens (including phenoxy) is 3. The Bertz CT molecular complexity index is 1330. The highest BCUT2D eigenvalue weighted by Crippen LogP contribution is 2.11. The molecule has 5 heteroatoms. The van der Waals surface area contributed by atoms with Crippen LogP contribution in [0.15, 0.2) is 134 Å². The molecule has 0 aromatic carbocycles. The first-order valence-electron chi connectivity index (χ1n) is 24.7. The van der Waals surface area contributed by atoms with Crippen molar-refractivity contribution in [1.82, 2.24) is 0 Å². The van der Waals surface area contributed by atoms with Gasteiger partial charge in [0, 0.05) is 19.4 Å². The predicted molar refractivity (Wildman–Crippen MR) is 269 cm³/mol. The Hall–Kier alpha value is -3.96. The lowest BCUT2D eigenvalue weighted by Crippen LogP contribution is -2.30. The summed E-state index contributed by atoms with van der Waals surface area (Å²) in [5, 5.41) is 0. The molecule has 1 atom stereocenters. The van der Waals surface area contributed by atoms with Crippen molar-refractivity contribution in [2.45, 2.75) is 194 Å². The fourth-order valence-electron chi connectivity index (χ4n) is 6.08. The van der Waals surface area contributed by atoms with Crippen LogP contribution in [0.5, 0.6) is 0 Å². The topological polar surface area (TPSA) is 61.8 Å². The molecular weight excluding hydrogens is 765 g/mol. The highest BCUT2D eigenvalue weighted by Gasteiger charge is 2.17. The molecule has 0 fully saturated rings. The molecule has 0 rings (SSSR count). The molecule has 348 valence electrons. The molecule has 0 amide bonds. The molecule has 0 N–H and O–H groups in total. The maximum Gasteiger partial charge on any atom is 0.306 e. The Balaban J connectivity index is 4.33. The number of hydrogen-bond acceptors (Lipinski definition) is 5. The molecule has 0 aliphatic heterocycles. The zero-order chi connectivity index (χ0) is 44.9. The fraction of sp³-hybridized carbons (Fsp3) is 0.579. The number of allylic oxidation sites excluding steroid dienone is 22. The second kappa shape index (κ2) is 51.4. The van der Waals surface area contributed by atoms with Gasteiger partial charge in [-0.05, 0) is 109 Å². The second-order valence-corrected chi connectivity index (χ2v) is 15.6. The molecule has 0 saturated carbocycles. The minimum absolute atomic E-state index is 0.0365. The van der Waals surface area contributed by atoms with Crippen molar-refractivity contribution < 1.29 is 23.8 Å². The molecule has 0 aromatic rings. The lowest BCUT2D eigenvalue weighted by atomic mass is 10.1. The van der Waals surface area contributed by atoms with E-state index in [0.29, 0.717) is 19.4 Å². The Morgan fingerprint density at radius 2 is 0.726 bits per heavy atom. The van der Waals surface area contributed by atoms with Crippen LogP contribution in [0.1, 0.15) is 188 Å². The number of carbonyl (C=O) groups is 2.